The van der Waals surface area contributed by atoms with Gasteiger partial charge in [-0.3, -0.25) is 10.1 Å². The molecule has 3 rings (SSSR count). The van der Waals surface area contributed by atoms with E-state index < -0.39 is 0 Å². The summed E-state index contributed by atoms with van der Waals surface area (Å²) in [7, 11) is 0. The van der Waals surface area contributed by atoms with Crippen molar-refractivity contribution in [1.82, 2.24) is 10.2 Å². The second kappa shape index (κ2) is 7.87. The van der Waals surface area contributed by atoms with Gasteiger partial charge in [0.2, 0.25) is 5.13 Å². The molecule has 4 nitrogen and oxygen atoms in total. The summed E-state index contributed by atoms with van der Waals surface area (Å²) < 4.78 is 14.7. The summed E-state index contributed by atoms with van der Waals surface area (Å²) in [6.45, 7) is 0. The monoisotopic (exact) mass is 423 g/mol. The Morgan fingerprint density at radius 2 is 2.04 bits per heavy atom. The number of hydrogen-bond acceptors (Lipinski definition) is 5. The number of carbonyl (C=O) groups is 1. The third-order valence-corrected chi connectivity index (χ3v) is 5.50. The molecular weight excluding hydrogens is 413 g/mol. The predicted molar refractivity (Wildman–Crippen MR) is 98.0 cm³/mol. The van der Waals surface area contributed by atoms with Crippen LogP contribution in [-0.2, 0) is 5.75 Å². The van der Waals surface area contributed by atoms with Gasteiger partial charge in [-0.15, -0.1) is 10.2 Å². The first-order valence-electron chi connectivity index (χ1n) is 6.88. The van der Waals surface area contributed by atoms with E-state index in [4.69, 9.17) is 0 Å². The van der Waals surface area contributed by atoms with Gasteiger partial charge in [0.25, 0.3) is 5.91 Å². The molecule has 3 aromatic rings. The lowest BCUT2D eigenvalue weighted by Crippen LogP contribution is -2.11. The molecule has 0 unspecified atom stereocenters. The Morgan fingerprint density at radius 1 is 1.21 bits per heavy atom. The number of rotatable bonds is 5. The number of amides is 1. The van der Waals surface area contributed by atoms with E-state index in [0.717, 1.165) is 10.0 Å². The standard InChI is InChI=1S/C16H11BrFN3OS2/c17-12-5-2-4-11(8-12)14(22)19-15-20-21-16(24-15)23-9-10-3-1-6-13(18)7-10/h1-8H,9H2,(H,19,20,22). The summed E-state index contributed by atoms with van der Waals surface area (Å²) in [6, 6.07) is 13.5. The lowest BCUT2D eigenvalue weighted by atomic mass is 10.2. The average Bonchev–Trinajstić information content (AvgIpc) is 3.00. The van der Waals surface area contributed by atoms with Crippen molar-refractivity contribution in [2.75, 3.05) is 5.32 Å². The fourth-order valence-corrected chi connectivity index (χ4v) is 3.98. The molecule has 0 spiro atoms. The lowest BCUT2D eigenvalue weighted by Gasteiger charge is -2.01. The quantitative estimate of drug-likeness (QED) is 0.464. The number of anilines is 1. The number of carbonyl (C=O) groups excluding carboxylic acids is 1. The van der Waals surface area contributed by atoms with Gasteiger partial charge in [-0.05, 0) is 35.9 Å². The van der Waals surface area contributed by atoms with E-state index >= 15 is 0 Å². The van der Waals surface area contributed by atoms with E-state index in [1.807, 2.05) is 12.1 Å². The molecule has 0 aliphatic heterocycles. The highest BCUT2D eigenvalue weighted by molar-refractivity contribution is 9.10. The highest BCUT2D eigenvalue weighted by Crippen LogP contribution is 2.28. The maximum atomic E-state index is 13.1. The molecule has 8 heteroatoms. The molecule has 0 saturated heterocycles. The van der Waals surface area contributed by atoms with Gasteiger partial charge < -0.3 is 0 Å². The fraction of sp³-hybridized carbons (Fsp3) is 0.0625. The Bertz CT molecular complexity index is 872. The number of nitrogens with one attached hydrogen (secondary N) is 1. The Hall–Kier alpha value is -1.77. The van der Waals surface area contributed by atoms with Crippen LogP contribution in [0.2, 0.25) is 0 Å². The summed E-state index contributed by atoms with van der Waals surface area (Å²) in [4.78, 5) is 12.2. The van der Waals surface area contributed by atoms with Gasteiger partial charge in [0.05, 0.1) is 0 Å². The first kappa shape index (κ1) is 17.1. The Kier molecular flexibility index (Phi) is 5.60. The summed E-state index contributed by atoms with van der Waals surface area (Å²) in [5.41, 5.74) is 1.41. The van der Waals surface area contributed by atoms with Crippen LogP contribution in [0.5, 0.6) is 0 Å². The number of hydrogen-bond donors (Lipinski definition) is 1. The van der Waals surface area contributed by atoms with Crippen molar-refractivity contribution in [2.24, 2.45) is 0 Å². The maximum absolute atomic E-state index is 13.1. The van der Waals surface area contributed by atoms with Crippen LogP contribution in [0.25, 0.3) is 0 Å². The van der Waals surface area contributed by atoms with Gasteiger partial charge in [0.1, 0.15) is 5.82 Å². The highest BCUT2D eigenvalue weighted by atomic mass is 79.9. The molecular formula is C16H11BrFN3OS2. The second-order valence-corrected chi connectivity index (χ2v) is 7.87. The van der Waals surface area contributed by atoms with Crippen LogP contribution in [0.4, 0.5) is 9.52 Å². The molecule has 1 N–H and O–H groups in total. The Labute approximate surface area is 154 Å². The van der Waals surface area contributed by atoms with E-state index in [1.165, 1.54) is 35.2 Å². The Morgan fingerprint density at radius 3 is 2.83 bits per heavy atom. The summed E-state index contributed by atoms with van der Waals surface area (Å²) in [6.07, 6.45) is 0. The molecule has 122 valence electrons. The smallest absolute Gasteiger partial charge is 0.257 e. The molecule has 0 aliphatic rings. The largest absolute Gasteiger partial charge is 0.296 e. The molecule has 0 aliphatic carbocycles. The summed E-state index contributed by atoms with van der Waals surface area (Å²) in [5.74, 6) is 0.0906. The second-order valence-electron chi connectivity index (χ2n) is 4.76. The summed E-state index contributed by atoms with van der Waals surface area (Å²) in [5, 5.41) is 11.2. The van der Waals surface area contributed by atoms with Crippen LogP contribution < -0.4 is 5.32 Å². The molecule has 1 heterocycles. The van der Waals surface area contributed by atoms with Crippen molar-refractivity contribution < 1.29 is 9.18 Å². The molecule has 24 heavy (non-hydrogen) atoms. The molecule has 0 bridgehead atoms. The zero-order valence-electron chi connectivity index (χ0n) is 12.2. The van der Waals surface area contributed by atoms with E-state index in [1.54, 1.807) is 24.3 Å². The molecule has 1 amide bonds. The fourth-order valence-electron chi connectivity index (χ4n) is 1.89. The van der Waals surface area contributed by atoms with Gasteiger partial charge in [-0.25, -0.2) is 4.39 Å². The van der Waals surface area contributed by atoms with Gasteiger partial charge >= 0.3 is 0 Å². The van der Waals surface area contributed by atoms with Gasteiger partial charge in [-0.2, -0.15) is 0 Å². The minimum absolute atomic E-state index is 0.242. The predicted octanol–water partition coefficient (Wildman–Crippen LogP) is 4.98. The number of thioether (sulfide) groups is 1. The SMILES string of the molecule is O=C(Nc1nnc(SCc2cccc(F)c2)s1)c1cccc(Br)c1. The molecule has 2 aromatic carbocycles. The normalized spacial score (nSPS) is 10.6. The summed E-state index contributed by atoms with van der Waals surface area (Å²) >= 11 is 6.07. The molecule has 0 radical (unpaired) electrons. The average molecular weight is 424 g/mol. The molecule has 0 atom stereocenters. The van der Waals surface area contributed by atoms with Crippen molar-refractivity contribution >= 4 is 50.1 Å². The number of aromatic nitrogens is 2. The number of nitrogens with zero attached hydrogens (tertiary/aromatic N) is 2. The molecule has 1 aromatic heterocycles. The zero-order chi connectivity index (χ0) is 16.9. The van der Waals surface area contributed by atoms with E-state index in [2.05, 4.69) is 31.4 Å². The van der Waals surface area contributed by atoms with E-state index in [9.17, 15) is 9.18 Å². The van der Waals surface area contributed by atoms with Gasteiger partial charge in [0, 0.05) is 15.8 Å². The van der Waals surface area contributed by atoms with Gasteiger partial charge in [0.15, 0.2) is 4.34 Å². The first-order chi connectivity index (χ1) is 11.6. The number of benzene rings is 2. The minimum atomic E-state index is -0.257. The topological polar surface area (TPSA) is 54.9 Å². The van der Waals surface area contributed by atoms with Crippen molar-refractivity contribution in [1.29, 1.82) is 0 Å². The van der Waals surface area contributed by atoms with Crippen molar-refractivity contribution in [3.05, 3.63) is 69.9 Å². The van der Waals surface area contributed by atoms with Crippen LogP contribution in [0.1, 0.15) is 15.9 Å². The van der Waals surface area contributed by atoms with Crippen LogP contribution >= 0.6 is 39.0 Å². The Balaban J connectivity index is 1.60. The first-order valence-corrected chi connectivity index (χ1v) is 9.47. The zero-order valence-corrected chi connectivity index (χ0v) is 15.4. The van der Waals surface area contributed by atoms with Crippen molar-refractivity contribution in [3.63, 3.8) is 0 Å². The van der Waals surface area contributed by atoms with Crippen LogP contribution in [0, 0.1) is 5.82 Å². The van der Waals surface area contributed by atoms with Crippen LogP contribution in [-0.4, -0.2) is 16.1 Å². The minimum Gasteiger partial charge on any atom is -0.296 e. The van der Waals surface area contributed by atoms with Crippen molar-refractivity contribution in [3.8, 4) is 0 Å². The lowest BCUT2D eigenvalue weighted by molar-refractivity contribution is 0.102. The molecule has 0 saturated carbocycles. The van der Waals surface area contributed by atoms with Crippen molar-refractivity contribution in [2.45, 2.75) is 10.1 Å². The third-order valence-electron chi connectivity index (χ3n) is 2.97. The number of halogens is 2. The van der Waals surface area contributed by atoms with E-state index in [-0.39, 0.29) is 11.7 Å². The van der Waals surface area contributed by atoms with E-state index in [0.29, 0.717) is 20.8 Å². The van der Waals surface area contributed by atoms with Crippen LogP contribution in [0.3, 0.4) is 0 Å². The maximum Gasteiger partial charge on any atom is 0.257 e. The highest BCUT2D eigenvalue weighted by Gasteiger charge is 2.11. The van der Waals surface area contributed by atoms with Crippen LogP contribution in [0.15, 0.2) is 57.3 Å². The molecule has 0 fully saturated rings. The van der Waals surface area contributed by atoms with Gasteiger partial charge in [-0.1, -0.05) is 57.2 Å². The third kappa shape index (κ3) is 4.62.